The predicted octanol–water partition coefficient (Wildman–Crippen LogP) is 2.90. The fraction of sp³-hybridized carbons (Fsp3) is 0.647. The molecule has 0 saturated heterocycles. The average molecular weight is 307 g/mol. The van der Waals surface area contributed by atoms with Crippen molar-refractivity contribution in [1.82, 2.24) is 4.72 Å². The van der Waals surface area contributed by atoms with Crippen molar-refractivity contribution in [2.24, 2.45) is 11.8 Å². The van der Waals surface area contributed by atoms with Crippen LogP contribution in [0.25, 0.3) is 0 Å². The van der Waals surface area contributed by atoms with Gasteiger partial charge < -0.3 is 0 Å². The Morgan fingerprint density at radius 3 is 2.19 bits per heavy atom. The van der Waals surface area contributed by atoms with E-state index in [0.717, 1.165) is 38.5 Å². The van der Waals surface area contributed by atoms with Gasteiger partial charge in [0.1, 0.15) is 0 Å². The van der Waals surface area contributed by atoms with Gasteiger partial charge in [-0.15, -0.1) is 0 Å². The van der Waals surface area contributed by atoms with Crippen LogP contribution in [-0.2, 0) is 22.9 Å². The van der Waals surface area contributed by atoms with Gasteiger partial charge in [0, 0.05) is 6.04 Å². The lowest BCUT2D eigenvalue weighted by molar-refractivity contribution is 0.386. The number of fused-ring (bicyclic) bond motifs is 3. The summed E-state index contributed by atoms with van der Waals surface area (Å²) >= 11 is 0. The monoisotopic (exact) mass is 307 g/mol. The molecular formula is C17H25NO2S. The maximum absolute atomic E-state index is 12.3. The Hall–Kier alpha value is -0.870. The zero-order chi connectivity index (χ0) is 14.9. The lowest BCUT2D eigenvalue weighted by atomic mass is 9.94. The Morgan fingerprint density at radius 1 is 1.10 bits per heavy atom. The second-order valence-electron chi connectivity index (χ2n) is 6.59. The average Bonchev–Trinajstić information content (AvgIpc) is 2.71. The molecule has 116 valence electrons. The van der Waals surface area contributed by atoms with Crippen LogP contribution in [0.1, 0.15) is 43.7 Å². The first-order valence-electron chi connectivity index (χ1n) is 8.16. The molecule has 2 unspecified atom stereocenters. The summed E-state index contributed by atoms with van der Waals surface area (Å²) in [4.78, 5) is 0. The fourth-order valence-corrected chi connectivity index (χ4v) is 5.53. The van der Waals surface area contributed by atoms with E-state index in [1.165, 1.54) is 11.1 Å². The molecule has 1 N–H and O–H groups in total. The van der Waals surface area contributed by atoms with Gasteiger partial charge in [0.2, 0.25) is 10.0 Å². The Bertz CT molecular complexity index is 564. The first kappa shape index (κ1) is 15.0. The second-order valence-corrected chi connectivity index (χ2v) is 8.46. The van der Waals surface area contributed by atoms with E-state index < -0.39 is 10.0 Å². The molecule has 4 heteroatoms. The van der Waals surface area contributed by atoms with Crippen molar-refractivity contribution in [2.75, 3.05) is 5.75 Å². The van der Waals surface area contributed by atoms with Crippen molar-refractivity contribution in [1.29, 1.82) is 0 Å². The molecule has 3 rings (SSSR count). The molecule has 3 nitrogen and oxygen atoms in total. The molecule has 1 aromatic rings. The largest absolute Gasteiger partial charge is 0.212 e. The lowest BCUT2D eigenvalue weighted by Gasteiger charge is -2.23. The molecule has 21 heavy (non-hydrogen) atoms. The van der Waals surface area contributed by atoms with Gasteiger partial charge in [-0.05, 0) is 55.1 Å². The summed E-state index contributed by atoms with van der Waals surface area (Å²) in [6.45, 7) is 2.03. The van der Waals surface area contributed by atoms with Gasteiger partial charge in [-0.1, -0.05) is 37.6 Å². The first-order chi connectivity index (χ1) is 10.1. The van der Waals surface area contributed by atoms with Gasteiger partial charge in [-0.25, -0.2) is 13.1 Å². The second kappa shape index (κ2) is 6.09. The number of hydrogen-bond acceptors (Lipinski definition) is 2. The zero-order valence-electron chi connectivity index (χ0n) is 12.7. The highest BCUT2D eigenvalue weighted by atomic mass is 32.2. The van der Waals surface area contributed by atoms with Crippen molar-refractivity contribution < 1.29 is 8.42 Å². The summed E-state index contributed by atoms with van der Waals surface area (Å²) in [6, 6.07) is 8.74. The summed E-state index contributed by atoms with van der Waals surface area (Å²) in [5.41, 5.74) is 2.84. The van der Waals surface area contributed by atoms with Gasteiger partial charge in [-0.2, -0.15) is 0 Å². The molecule has 2 aliphatic rings. The highest BCUT2D eigenvalue weighted by Gasteiger charge is 2.40. The summed E-state index contributed by atoms with van der Waals surface area (Å²) in [5.74, 6) is 1.21. The van der Waals surface area contributed by atoms with Gasteiger partial charge in [-0.3, -0.25) is 0 Å². The number of benzene rings is 1. The fourth-order valence-electron chi connectivity index (χ4n) is 3.94. The van der Waals surface area contributed by atoms with E-state index >= 15 is 0 Å². The van der Waals surface area contributed by atoms with E-state index in [2.05, 4.69) is 29.0 Å². The molecular weight excluding hydrogens is 282 g/mol. The third kappa shape index (κ3) is 3.32. The maximum atomic E-state index is 12.3. The highest BCUT2D eigenvalue weighted by Crippen LogP contribution is 2.40. The quantitative estimate of drug-likeness (QED) is 0.909. The van der Waals surface area contributed by atoms with Crippen LogP contribution in [0.2, 0.25) is 0 Å². The smallest absolute Gasteiger partial charge is 0.211 e. The predicted molar refractivity (Wildman–Crippen MR) is 85.7 cm³/mol. The molecule has 0 amide bonds. The SMILES string of the molecule is CCCCS(=O)(=O)NC1C2CCC1Cc1ccccc1C2. The minimum absolute atomic E-state index is 0.138. The van der Waals surface area contributed by atoms with Crippen LogP contribution in [0.4, 0.5) is 0 Å². The molecule has 0 heterocycles. The molecule has 0 spiro atoms. The molecule has 1 saturated carbocycles. The summed E-state index contributed by atoms with van der Waals surface area (Å²) in [6.07, 6.45) is 6.02. The first-order valence-corrected chi connectivity index (χ1v) is 9.81. The maximum Gasteiger partial charge on any atom is 0.211 e. The highest BCUT2D eigenvalue weighted by molar-refractivity contribution is 7.89. The topological polar surface area (TPSA) is 46.2 Å². The molecule has 0 aliphatic heterocycles. The number of unbranched alkanes of at least 4 members (excludes halogenated alkanes) is 1. The summed E-state index contributed by atoms with van der Waals surface area (Å²) < 4.78 is 27.5. The van der Waals surface area contributed by atoms with E-state index in [1.807, 2.05) is 6.92 Å². The van der Waals surface area contributed by atoms with Crippen LogP contribution in [0.3, 0.4) is 0 Å². The van der Waals surface area contributed by atoms with E-state index in [4.69, 9.17) is 0 Å². The number of sulfonamides is 1. The van der Waals surface area contributed by atoms with Crippen molar-refractivity contribution in [3.8, 4) is 0 Å². The van der Waals surface area contributed by atoms with Gasteiger partial charge in [0.15, 0.2) is 0 Å². The van der Waals surface area contributed by atoms with Crippen molar-refractivity contribution in [3.63, 3.8) is 0 Å². The summed E-state index contributed by atoms with van der Waals surface area (Å²) in [5, 5.41) is 0. The lowest BCUT2D eigenvalue weighted by Crippen LogP contribution is -2.42. The van der Waals surface area contributed by atoms with Gasteiger partial charge in [0.25, 0.3) is 0 Å². The van der Waals surface area contributed by atoms with Crippen molar-refractivity contribution in [3.05, 3.63) is 35.4 Å². The van der Waals surface area contributed by atoms with Crippen LogP contribution in [0, 0.1) is 11.8 Å². The Labute approximate surface area is 128 Å². The van der Waals surface area contributed by atoms with Crippen molar-refractivity contribution >= 4 is 10.0 Å². The van der Waals surface area contributed by atoms with Gasteiger partial charge in [0.05, 0.1) is 5.75 Å². The van der Waals surface area contributed by atoms with E-state index in [9.17, 15) is 8.42 Å². The van der Waals surface area contributed by atoms with Crippen LogP contribution >= 0.6 is 0 Å². The van der Waals surface area contributed by atoms with E-state index in [0.29, 0.717) is 11.8 Å². The Balaban J connectivity index is 1.77. The van der Waals surface area contributed by atoms with Crippen LogP contribution in [0.5, 0.6) is 0 Å². The molecule has 0 aromatic heterocycles. The third-order valence-corrected chi connectivity index (χ3v) is 6.55. The summed E-state index contributed by atoms with van der Waals surface area (Å²) in [7, 11) is -3.12. The van der Waals surface area contributed by atoms with Crippen LogP contribution < -0.4 is 4.72 Å². The zero-order valence-corrected chi connectivity index (χ0v) is 13.5. The minimum atomic E-state index is -3.12. The molecule has 2 bridgehead atoms. The normalized spacial score (nSPS) is 28.1. The molecule has 1 aromatic carbocycles. The van der Waals surface area contributed by atoms with E-state index in [-0.39, 0.29) is 11.8 Å². The van der Waals surface area contributed by atoms with Crippen molar-refractivity contribution in [2.45, 2.75) is 51.5 Å². The third-order valence-electron chi connectivity index (χ3n) is 5.09. The Morgan fingerprint density at radius 2 is 1.67 bits per heavy atom. The van der Waals surface area contributed by atoms with Crippen LogP contribution in [0.15, 0.2) is 24.3 Å². The molecule has 1 fully saturated rings. The number of rotatable bonds is 5. The standard InChI is InChI=1S/C17H25NO2S/c1-2-3-10-21(19,20)18-17-15-8-9-16(17)12-14-7-5-4-6-13(14)11-15/h4-7,15-18H,2-3,8-12H2,1H3. The number of nitrogens with one attached hydrogen (secondary N) is 1. The molecule has 2 atom stereocenters. The molecule has 2 aliphatic carbocycles. The Kier molecular flexibility index (Phi) is 4.36. The van der Waals surface area contributed by atoms with Gasteiger partial charge >= 0.3 is 0 Å². The van der Waals surface area contributed by atoms with E-state index in [1.54, 1.807) is 0 Å². The number of hydrogen-bond donors (Lipinski definition) is 1. The molecule has 0 radical (unpaired) electrons. The van der Waals surface area contributed by atoms with Crippen LogP contribution in [-0.4, -0.2) is 20.2 Å². The minimum Gasteiger partial charge on any atom is -0.212 e.